The van der Waals surface area contributed by atoms with E-state index in [1.54, 1.807) is 0 Å². The molecule has 2 aliphatic rings. The highest BCUT2D eigenvalue weighted by Gasteiger charge is 2.29. The van der Waals surface area contributed by atoms with Gasteiger partial charge in [-0.3, -0.25) is 0 Å². The van der Waals surface area contributed by atoms with Crippen molar-refractivity contribution in [2.24, 2.45) is 0 Å². The Morgan fingerprint density at radius 1 is 1.33 bits per heavy atom. The van der Waals surface area contributed by atoms with Gasteiger partial charge in [-0.05, 0) is 39.2 Å². The maximum atomic E-state index is 5.70. The third-order valence-electron chi connectivity index (χ3n) is 4.01. The number of hydrogen-bond donors (Lipinski definition) is 1. The number of hydrogen-bond acceptors (Lipinski definition) is 5. The second-order valence-electron chi connectivity index (χ2n) is 5.38. The van der Waals surface area contributed by atoms with Crippen LogP contribution in [-0.2, 0) is 11.2 Å². The molecule has 3 atom stereocenters. The number of rotatable bonds is 3. The van der Waals surface area contributed by atoms with Gasteiger partial charge in [0.1, 0.15) is 0 Å². The minimum Gasteiger partial charge on any atom is -0.378 e. The van der Waals surface area contributed by atoms with Crippen LogP contribution in [0.2, 0.25) is 0 Å². The molecule has 18 heavy (non-hydrogen) atoms. The topological polar surface area (TPSA) is 60.2 Å². The maximum absolute atomic E-state index is 5.70. The van der Waals surface area contributed by atoms with E-state index in [1.807, 2.05) is 0 Å². The summed E-state index contributed by atoms with van der Waals surface area (Å²) in [7, 11) is 0. The smallest absolute Gasteiger partial charge is 0.231 e. The van der Waals surface area contributed by atoms with Crippen molar-refractivity contribution in [3.05, 3.63) is 11.7 Å². The van der Waals surface area contributed by atoms with Crippen molar-refractivity contribution in [1.29, 1.82) is 0 Å². The van der Waals surface area contributed by atoms with Gasteiger partial charge in [0.05, 0.1) is 12.0 Å². The average Bonchev–Trinajstić information content (AvgIpc) is 2.99. The van der Waals surface area contributed by atoms with Gasteiger partial charge >= 0.3 is 0 Å². The molecule has 0 radical (unpaired) electrons. The molecule has 3 rings (SSSR count). The number of nitrogens with zero attached hydrogens (tertiary/aromatic N) is 2. The molecule has 5 nitrogen and oxygen atoms in total. The summed E-state index contributed by atoms with van der Waals surface area (Å²) < 4.78 is 11.1. The first-order valence-corrected chi connectivity index (χ1v) is 7.00. The highest BCUT2D eigenvalue weighted by atomic mass is 16.5. The van der Waals surface area contributed by atoms with Gasteiger partial charge in [-0.1, -0.05) is 5.16 Å². The lowest BCUT2D eigenvalue weighted by molar-refractivity contribution is 0.0153. The van der Waals surface area contributed by atoms with Crippen molar-refractivity contribution >= 4 is 0 Å². The Balaban J connectivity index is 1.62. The molecular weight excluding hydrogens is 230 g/mol. The molecule has 0 aliphatic carbocycles. The predicted octanol–water partition coefficient (Wildman–Crippen LogP) is 1.65. The van der Waals surface area contributed by atoms with Crippen LogP contribution < -0.4 is 5.32 Å². The SMILES string of the molecule is CC1NCCC1c1nc(CC2CCCCO2)no1. The molecule has 1 aromatic heterocycles. The first-order valence-electron chi connectivity index (χ1n) is 7.00. The van der Waals surface area contributed by atoms with Crippen molar-refractivity contribution in [3.8, 4) is 0 Å². The van der Waals surface area contributed by atoms with E-state index in [0.29, 0.717) is 12.0 Å². The second-order valence-corrected chi connectivity index (χ2v) is 5.38. The van der Waals surface area contributed by atoms with Crippen LogP contribution in [-0.4, -0.2) is 35.4 Å². The molecule has 1 aromatic rings. The molecule has 0 saturated carbocycles. The summed E-state index contributed by atoms with van der Waals surface area (Å²) in [5, 5.41) is 7.50. The lowest BCUT2D eigenvalue weighted by atomic mass is 10.0. The molecule has 100 valence electrons. The summed E-state index contributed by atoms with van der Waals surface area (Å²) in [6.45, 7) is 4.08. The van der Waals surface area contributed by atoms with Crippen molar-refractivity contribution in [2.45, 2.75) is 57.1 Å². The number of aromatic nitrogens is 2. The normalized spacial score (nSPS) is 32.8. The minimum atomic E-state index is 0.281. The Hall–Kier alpha value is -0.940. The summed E-state index contributed by atoms with van der Waals surface area (Å²) in [6.07, 6.45) is 5.70. The van der Waals surface area contributed by atoms with Crippen LogP contribution in [0.3, 0.4) is 0 Å². The fourth-order valence-electron chi connectivity index (χ4n) is 2.87. The van der Waals surface area contributed by atoms with Gasteiger partial charge in [-0.25, -0.2) is 0 Å². The van der Waals surface area contributed by atoms with Gasteiger partial charge in [0.15, 0.2) is 5.82 Å². The Morgan fingerprint density at radius 2 is 2.28 bits per heavy atom. The van der Waals surface area contributed by atoms with E-state index < -0.39 is 0 Å². The highest BCUT2D eigenvalue weighted by Crippen LogP contribution is 2.26. The van der Waals surface area contributed by atoms with E-state index in [1.165, 1.54) is 12.8 Å². The summed E-state index contributed by atoms with van der Waals surface area (Å²) >= 11 is 0. The Labute approximate surface area is 107 Å². The third-order valence-corrected chi connectivity index (χ3v) is 4.01. The Bertz CT molecular complexity index is 387. The van der Waals surface area contributed by atoms with Crippen LogP contribution in [0.15, 0.2) is 4.52 Å². The fraction of sp³-hybridized carbons (Fsp3) is 0.846. The predicted molar refractivity (Wildman–Crippen MR) is 66.4 cm³/mol. The molecule has 5 heteroatoms. The molecule has 1 N–H and O–H groups in total. The molecule has 2 aliphatic heterocycles. The Morgan fingerprint density at radius 3 is 3.00 bits per heavy atom. The molecular formula is C13H21N3O2. The number of nitrogens with one attached hydrogen (secondary N) is 1. The van der Waals surface area contributed by atoms with E-state index in [4.69, 9.17) is 9.26 Å². The summed E-state index contributed by atoms with van der Waals surface area (Å²) in [5.41, 5.74) is 0. The first-order chi connectivity index (χ1) is 8.83. The summed E-state index contributed by atoms with van der Waals surface area (Å²) in [6, 6.07) is 0.434. The van der Waals surface area contributed by atoms with Crippen LogP contribution in [0.4, 0.5) is 0 Å². The van der Waals surface area contributed by atoms with Crippen LogP contribution in [0.1, 0.15) is 50.2 Å². The Kier molecular flexibility index (Phi) is 3.61. The lowest BCUT2D eigenvalue weighted by Gasteiger charge is -2.20. The van der Waals surface area contributed by atoms with Gasteiger partial charge < -0.3 is 14.6 Å². The maximum Gasteiger partial charge on any atom is 0.231 e. The number of ether oxygens (including phenoxy) is 1. The molecule has 3 heterocycles. The highest BCUT2D eigenvalue weighted by molar-refractivity contribution is 5.02. The molecule has 2 saturated heterocycles. The van der Waals surface area contributed by atoms with E-state index in [0.717, 1.165) is 44.1 Å². The molecule has 0 amide bonds. The van der Waals surface area contributed by atoms with Crippen LogP contribution in [0.25, 0.3) is 0 Å². The fourth-order valence-corrected chi connectivity index (χ4v) is 2.87. The van der Waals surface area contributed by atoms with Gasteiger partial charge in [0.2, 0.25) is 5.89 Å². The second kappa shape index (κ2) is 5.36. The van der Waals surface area contributed by atoms with Gasteiger partial charge in [-0.2, -0.15) is 4.98 Å². The molecule has 2 fully saturated rings. The van der Waals surface area contributed by atoms with Crippen molar-refractivity contribution in [3.63, 3.8) is 0 Å². The zero-order valence-electron chi connectivity index (χ0n) is 10.9. The van der Waals surface area contributed by atoms with Gasteiger partial charge in [0.25, 0.3) is 0 Å². The van der Waals surface area contributed by atoms with E-state index >= 15 is 0 Å². The zero-order chi connectivity index (χ0) is 12.4. The lowest BCUT2D eigenvalue weighted by Crippen LogP contribution is -2.22. The van der Waals surface area contributed by atoms with Crippen LogP contribution in [0.5, 0.6) is 0 Å². The summed E-state index contributed by atoms with van der Waals surface area (Å²) in [5.74, 6) is 1.97. The van der Waals surface area contributed by atoms with Crippen LogP contribution in [0, 0.1) is 0 Å². The molecule has 0 aromatic carbocycles. The molecule has 3 unspecified atom stereocenters. The van der Waals surface area contributed by atoms with Gasteiger partial charge in [0, 0.05) is 19.1 Å². The average molecular weight is 251 g/mol. The minimum absolute atomic E-state index is 0.281. The van der Waals surface area contributed by atoms with E-state index in [9.17, 15) is 0 Å². The van der Waals surface area contributed by atoms with Crippen molar-refractivity contribution in [2.75, 3.05) is 13.2 Å². The van der Waals surface area contributed by atoms with E-state index in [-0.39, 0.29) is 6.10 Å². The van der Waals surface area contributed by atoms with Crippen molar-refractivity contribution in [1.82, 2.24) is 15.5 Å². The van der Waals surface area contributed by atoms with E-state index in [2.05, 4.69) is 22.4 Å². The quantitative estimate of drug-likeness (QED) is 0.885. The third kappa shape index (κ3) is 2.57. The zero-order valence-corrected chi connectivity index (χ0v) is 10.9. The first kappa shape index (κ1) is 12.1. The van der Waals surface area contributed by atoms with Gasteiger partial charge in [-0.15, -0.1) is 0 Å². The van der Waals surface area contributed by atoms with Crippen LogP contribution >= 0.6 is 0 Å². The largest absolute Gasteiger partial charge is 0.378 e. The molecule has 0 spiro atoms. The van der Waals surface area contributed by atoms with Crippen molar-refractivity contribution < 1.29 is 9.26 Å². The molecule has 0 bridgehead atoms. The standard InChI is InChI=1S/C13H21N3O2/c1-9-11(5-6-14-9)13-15-12(16-18-13)8-10-4-2-3-7-17-10/h9-11,14H,2-8H2,1H3. The monoisotopic (exact) mass is 251 g/mol. The summed E-state index contributed by atoms with van der Waals surface area (Å²) in [4.78, 5) is 4.54.